The summed E-state index contributed by atoms with van der Waals surface area (Å²) < 4.78 is 30.7. The fraction of sp³-hybridized carbons (Fsp3) is 0.877. The molecule has 1 amide bonds. The molecule has 9 nitrogen and oxygen atoms in total. The second kappa shape index (κ2) is 55.5. The van der Waals surface area contributed by atoms with Crippen LogP contribution >= 0.6 is 7.82 Å². The van der Waals surface area contributed by atoms with E-state index in [0.29, 0.717) is 23.9 Å². The molecule has 0 aromatic carbocycles. The van der Waals surface area contributed by atoms with Gasteiger partial charge in [-0.2, -0.15) is 0 Å². The van der Waals surface area contributed by atoms with Crippen LogP contribution in [-0.4, -0.2) is 74.3 Å². The van der Waals surface area contributed by atoms with Gasteiger partial charge in [0.15, 0.2) is 0 Å². The topological polar surface area (TPSA) is 111 Å². The molecule has 3 unspecified atom stereocenters. The van der Waals surface area contributed by atoms with Crippen LogP contribution in [0.25, 0.3) is 0 Å². The minimum absolute atomic E-state index is 0.0430. The Morgan fingerprint density at radius 3 is 1.23 bits per heavy atom. The van der Waals surface area contributed by atoms with Gasteiger partial charge in [0.05, 0.1) is 33.8 Å². The molecular weight excluding hydrogens is 952 g/mol. The maximum Gasteiger partial charge on any atom is 0.472 e. The van der Waals surface area contributed by atoms with Gasteiger partial charge in [0, 0.05) is 12.8 Å². The third-order valence-electron chi connectivity index (χ3n) is 14.6. The van der Waals surface area contributed by atoms with Crippen molar-refractivity contribution in [2.24, 2.45) is 0 Å². The number of allylic oxidation sites excluding steroid dienone is 5. The summed E-state index contributed by atoms with van der Waals surface area (Å²) in [7, 11) is 1.51. The van der Waals surface area contributed by atoms with Crippen LogP contribution in [0.3, 0.4) is 0 Å². The Labute approximate surface area is 466 Å². The summed E-state index contributed by atoms with van der Waals surface area (Å²) in [6, 6.07) is -0.843. The van der Waals surface area contributed by atoms with Crippen molar-refractivity contribution in [2.75, 3.05) is 40.9 Å². The second-order valence-corrected chi connectivity index (χ2v) is 24.7. The molecule has 0 aromatic rings. The molecule has 0 saturated carbocycles. The van der Waals surface area contributed by atoms with E-state index < -0.39 is 20.0 Å². The highest BCUT2D eigenvalue weighted by Gasteiger charge is 2.30. The zero-order chi connectivity index (χ0) is 55.0. The lowest BCUT2D eigenvalue weighted by molar-refractivity contribution is -0.870. The number of phosphoric acid groups is 1. The average molecular weight is 1080 g/mol. The average Bonchev–Trinajstić information content (AvgIpc) is 3.37. The van der Waals surface area contributed by atoms with Crippen molar-refractivity contribution in [1.82, 2.24) is 5.32 Å². The molecule has 0 aliphatic rings. The number of phosphoric ester groups is 1. The van der Waals surface area contributed by atoms with Crippen LogP contribution in [-0.2, 0) is 27.9 Å². The number of rotatable bonds is 59. The number of amides is 1. The summed E-state index contributed by atoms with van der Waals surface area (Å²) in [5, 5.41) is 3.06. The molecule has 0 aromatic heterocycles. The van der Waals surface area contributed by atoms with E-state index >= 15 is 0 Å². The lowest BCUT2D eigenvalue weighted by Gasteiger charge is -2.27. The highest BCUT2D eigenvalue weighted by molar-refractivity contribution is 7.47. The Hall–Kier alpha value is -1.77. The van der Waals surface area contributed by atoms with Gasteiger partial charge >= 0.3 is 13.8 Å². The predicted molar refractivity (Wildman–Crippen MR) is 323 cm³/mol. The van der Waals surface area contributed by atoms with E-state index in [-0.39, 0.29) is 25.1 Å². The molecule has 0 aliphatic heterocycles. The van der Waals surface area contributed by atoms with Gasteiger partial charge in [0.25, 0.3) is 0 Å². The standard InChI is InChI=1S/C65H125N2O7P/c1-7-10-13-16-19-22-25-28-30-31-32-33-34-35-36-37-38-40-43-46-49-52-55-58-65(69)74-63(56-53-50-47-44-41-27-24-21-18-15-12-9-3)62(61-73-75(70,71)72-60-59-67(4,5)6)66-64(68)57-54-51-48-45-42-39-29-26-23-20-17-14-11-8-2/h19,22,28,30,53,56,62-63H,7-18,20-21,23-27,29,31-52,54-55,57-61H2,1-6H3,(H-,66,68,70,71)/p+1/b22-19-,30-28-,56-53+. The Morgan fingerprint density at radius 2 is 0.813 bits per heavy atom. The van der Waals surface area contributed by atoms with Crippen LogP contribution < -0.4 is 5.32 Å². The van der Waals surface area contributed by atoms with Crippen molar-refractivity contribution < 1.29 is 37.3 Å². The number of quaternary nitrogens is 1. The Balaban J connectivity index is 5.12. The fourth-order valence-corrected chi connectivity index (χ4v) is 10.3. The molecule has 2 N–H and O–H groups in total. The molecule has 442 valence electrons. The molecule has 0 fully saturated rings. The first-order valence-corrected chi connectivity index (χ1v) is 33.8. The van der Waals surface area contributed by atoms with Gasteiger partial charge in [0.1, 0.15) is 19.3 Å². The molecule has 0 bridgehead atoms. The van der Waals surface area contributed by atoms with Gasteiger partial charge in [0.2, 0.25) is 5.91 Å². The van der Waals surface area contributed by atoms with Crippen molar-refractivity contribution in [3.63, 3.8) is 0 Å². The molecule has 0 saturated heterocycles. The maximum atomic E-state index is 13.5. The highest BCUT2D eigenvalue weighted by atomic mass is 31.2. The smallest absolute Gasteiger partial charge is 0.456 e. The predicted octanol–water partition coefficient (Wildman–Crippen LogP) is 19.9. The van der Waals surface area contributed by atoms with Crippen LogP contribution in [0.4, 0.5) is 0 Å². The van der Waals surface area contributed by atoms with Crippen LogP contribution in [0.15, 0.2) is 36.5 Å². The summed E-state index contributed by atoms with van der Waals surface area (Å²) in [6.07, 6.45) is 67.1. The molecule has 0 heterocycles. The molecule has 0 spiro atoms. The minimum Gasteiger partial charge on any atom is -0.456 e. The largest absolute Gasteiger partial charge is 0.472 e. The Bertz CT molecular complexity index is 1380. The summed E-state index contributed by atoms with van der Waals surface area (Å²) in [4.78, 5) is 37.7. The first-order valence-electron chi connectivity index (χ1n) is 32.3. The van der Waals surface area contributed by atoms with Crippen LogP contribution in [0.1, 0.15) is 316 Å². The Kier molecular flexibility index (Phi) is 54.2. The summed E-state index contributed by atoms with van der Waals surface area (Å²) in [6.45, 7) is 7.02. The number of unbranched alkanes of at least 4 members (excludes halogenated alkanes) is 39. The fourth-order valence-electron chi connectivity index (χ4n) is 9.56. The first kappa shape index (κ1) is 73.2. The van der Waals surface area contributed by atoms with E-state index in [0.717, 1.165) is 64.2 Å². The van der Waals surface area contributed by atoms with Crippen molar-refractivity contribution in [3.8, 4) is 0 Å². The monoisotopic (exact) mass is 1080 g/mol. The summed E-state index contributed by atoms with van der Waals surface area (Å²) >= 11 is 0. The number of hydrogen-bond donors (Lipinski definition) is 2. The van der Waals surface area contributed by atoms with Crippen LogP contribution in [0.5, 0.6) is 0 Å². The number of nitrogens with one attached hydrogen (secondary N) is 1. The van der Waals surface area contributed by atoms with Gasteiger partial charge in [-0.3, -0.25) is 18.6 Å². The van der Waals surface area contributed by atoms with E-state index in [1.807, 2.05) is 33.3 Å². The second-order valence-electron chi connectivity index (χ2n) is 23.3. The molecule has 10 heteroatoms. The lowest BCUT2D eigenvalue weighted by atomic mass is 10.0. The van der Waals surface area contributed by atoms with Crippen LogP contribution in [0.2, 0.25) is 0 Å². The third-order valence-corrected chi connectivity index (χ3v) is 15.6. The molecule has 3 atom stereocenters. The van der Waals surface area contributed by atoms with Crippen molar-refractivity contribution in [1.29, 1.82) is 0 Å². The van der Waals surface area contributed by atoms with E-state index in [1.54, 1.807) is 0 Å². The third kappa shape index (κ3) is 56.8. The van der Waals surface area contributed by atoms with Gasteiger partial charge in [-0.1, -0.05) is 276 Å². The summed E-state index contributed by atoms with van der Waals surface area (Å²) in [5.74, 6) is -0.491. The zero-order valence-electron chi connectivity index (χ0n) is 50.6. The highest BCUT2D eigenvalue weighted by Crippen LogP contribution is 2.43. The SMILES string of the molecule is CCCCC/C=C\C/C=C\CCCCCCCCCCCCCCCC(=O)OC(/C=C/CCCCCCCCCCCC)C(COP(=O)(O)OCC[N+](C)(C)C)NC(=O)CCCCCCCCCCCCCCCC. The van der Waals surface area contributed by atoms with E-state index in [1.165, 1.54) is 218 Å². The minimum atomic E-state index is -4.44. The molecule has 0 aliphatic carbocycles. The van der Waals surface area contributed by atoms with E-state index in [2.05, 4.69) is 50.4 Å². The Morgan fingerprint density at radius 1 is 0.467 bits per heavy atom. The number of hydrogen-bond acceptors (Lipinski definition) is 6. The first-order chi connectivity index (χ1) is 36.4. The van der Waals surface area contributed by atoms with Gasteiger partial charge in [-0.25, -0.2) is 4.57 Å². The quantitative estimate of drug-likeness (QED) is 0.0205. The molecule has 0 rings (SSSR count). The van der Waals surface area contributed by atoms with Crippen molar-refractivity contribution in [3.05, 3.63) is 36.5 Å². The van der Waals surface area contributed by atoms with Gasteiger partial charge in [-0.15, -0.1) is 0 Å². The number of ether oxygens (including phenoxy) is 1. The number of carbonyl (C=O) groups excluding carboxylic acids is 2. The molecule has 75 heavy (non-hydrogen) atoms. The van der Waals surface area contributed by atoms with Crippen molar-refractivity contribution >= 4 is 19.7 Å². The number of likely N-dealkylation sites (N-methyl/N-ethyl adjacent to an activating group) is 1. The molecular formula is C65H126N2O7P+. The molecule has 0 radical (unpaired) electrons. The lowest BCUT2D eigenvalue weighted by Crippen LogP contribution is -2.47. The summed E-state index contributed by atoms with van der Waals surface area (Å²) in [5.41, 5.74) is 0. The van der Waals surface area contributed by atoms with Crippen LogP contribution in [0, 0.1) is 0 Å². The van der Waals surface area contributed by atoms with Gasteiger partial charge < -0.3 is 19.4 Å². The van der Waals surface area contributed by atoms with Crippen molar-refractivity contribution in [2.45, 2.75) is 328 Å². The van der Waals surface area contributed by atoms with E-state index in [9.17, 15) is 19.0 Å². The number of nitrogens with zero attached hydrogens (tertiary/aromatic N) is 1. The zero-order valence-corrected chi connectivity index (χ0v) is 51.5. The number of carbonyl (C=O) groups is 2. The van der Waals surface area contributed by atoms with Gasteiger partial charge in [-0.05, 0) is 63.9 Å². The maximum absolute atomic E-state index is 13.5. The number of esters is 1. The van der Waals surface area contributed by atoms with E-state index in [4.69, 9.17) is 13.8 Å². The normalized spacial score (nSPS) is 13.9.